The highest BCUT2D eigenvalue weighted by molar-refractivity contribution is 7.91. The van der Waals surface area contributed by atoms with Gasteiger partial charge in [0.1, 0.15) is 18.4 Å². The van der Waals surface area contributed by atoms with E-state index in [1.165, 1.54) is 15.9 Å². The molecule has 13 heteroatoms. The van der Waals surface area contributed by atoms with Crippen molar-refractivity contribution in [1.82, 2.24) is 35.3 Å². The molecule has 3 heterocycles. The Labute approximate surface area is 197 Å². The molecule has 4 amide bonds. The van der Waals surface area contributed by atoms with Crippen LogP contribution in [0.3, 0.4) is 0 Å². The predicted octanol–water partition coefficient (Wildman–Crippen LogP) is 0.101. The minimum atomic E-state index is -3.21. The van der Waals surface area contributed by atoms with Crippen LogP contribution in [-0.4, -0.2) is 86.9 Å². The number of carbonyl (C=O) groups is 3. The minimum absolute atomic E-state index is 0.0262. The highest BCUT2D eigenvalue weighted by Gasteiger charge is 2.50. The van der Waals surface area contributed by atoms with Gasteiger partial charge in [0, 0.05) is 12.6 Å². The molecule has 182 valence electrons. The summed E-state index contributed by atoms with van der Waals surface area (Å²) in [4.78, 5) is 41.8. The number of aromatic nitrogens is 4. The monoisotopic (exact) mass is 489 g/mol. The molecule has 0 aliphatic carbocycles. The van der Waals surface area contributed by atoms with Crippen molar-refractivity contribution in [2.75, 3.05) is 24.6 Å². The maximum Gasteiger partial charge on any atom is 0.325 e. The fourth-order valence-electron chi connectivity index (χ4n) is 4.37. The maximum atomic E-state index is 13.4. The molecule has 0 unspecified atom stereocenters. The summed E-state index contributed by atoms with van der Waals surface area (Å²) in [5.74, 6) is -1.00. The average Bonchev–Trinajstić information content (AvgIpc) is 3.48. The van der Waals surface area contributed by atoms with Crippen LogP contribution in [-0.2, 0) is 25.0 Å². The van der Waals surface area contributed by atoms with Crippen LogP contribution in [0.4, 0.5) is 4.79 Å². The van der Waals surface area contributed by atoms with Crippen molar-refractivity contribution < 1.29 is 22.8 Å². The molecule has 0 saturated carbocycles. The molecule has 2 aliphatic heterocycles. The number of nitrogens with zero attached hydrogens (tertiary/aromatic N) is 6. The Kier molecular flexibility index (Phi) is 6.14. The number of amides is 4. The second-order valence-electron chi connectivity index (χ2n) is 9.25. The molecule has 0 radical (unpaired) electrons. The third kappa shape index (κ3) is 4.52. The maximum absolute atomic E-state index is 13.4. The van der Waals surface area contributed by atoms with Gasteiger partial charge in [-0.3, -0.25) is 14.5 Å². The van der Waals surface area contributed by atoms with Crippen molar-refractivity contribution in [3.05, 3.63) is 36.2 Å². The number of urea groups is 1. The molecule has 2 aromatic rings. The van der Waals surface area contributed by atoms with E-state index in [9.17, 15) is 22.8 Å². The number of hydrogen-bond donors (Lipinski definition) is 1. The van der Waals surface area contributed by atoms with Gasteiger partial charge in [-0.2, -0.15) is 0 Å². The molecule has 0 bridgehead atoms. The Morgan fingerprint density at radius 2 is 2.09 bits per heavy atom. The number of benzene rings is 1. The van der Waals surface area contributed by atoms with Crippen molar-refractivity contribution in [1.29, 1.82) is 0 Å². The molecule has 1 aromatic heterocycles. The van der Waals surface area contributed by atoms with E-state index in [0.717, 1.165) is 4.90 Å². The van der Waals surface area contributed by atoms with Crippen molar-refractivity contribution in [2.45, 2.75) is 38.8 Å². The van der Waals surface area contributed by atoms with Crippen LogP contribution in [0.15, 0.2) is 30.6 Å². The zero-order chi connectivity index (χ0) is 24.7. The van der Waals surface area contributed by atoms with Crippen molar-refractivity contribution in [3.8, 4) is 5.69 Å². The average molecular weight is 490 g/mol. The molecule has 2 saturated heterocycles. The van der Waals surface area contributed by atoms with E-state index < -0.39 is 45.8 Å². The van der Waals surface area contributed by atoms with E-state index in [1.54, 1.807) is 31.2 Å². The third-order valence-electron chi connectivity index (χ3n) is 6.14. The predicted molar refractivity (Wildman–Crippen MR) is 120 cm³/mol. The van der Waals surface area contributed by atoms with Gasteiger partial charge in [-0.25, -0.2) is 17.9 Å². The Balaban J connectivity index is 1.55. The normalized spacial score (nSPS) is 24.0. The van der Waals surface area contributed by atoms with Gasteiger partial charge in [0.05, 0.1) is 17.2 Å². The van der Waals surface area contributed by atoms with Crippen LogP contribution in [0.1, 0.15) is 32.8 Å². The van der Waals surface area contributed by atoms with E-state index in [-0.39, 0.29) is 17.4 Å². The zero-order valence-corrected chi connectivity index (χ0v) is 20.0. The lowest BCUT2D eigenvalue weighted by Gasteiger charge is -2.31. The van der Waals surface area contributed by atoms with E-state index in [2.05, 4.69) is 20.8 Å². The van der Waals surface area contributed by atoms with Gasteiger partial charge in [-0.05, 0) is 47.4 Å². The summed E-state index contributed by atoms with van der Waals surface area (Å²) in [7, 11) is -3.21. The second kappa shape index (κ2) is 8.78. The number of rotatable bonds is 7. The summed E-state index contributed by atoms with van der Waals surface area (Å²) in [5.41, 5.74) is -0.276. The molecular weight excluding hydrogens is 462 g/mol. The largest absolute Gasteiger partial charge is 0.337 e. The summed E-state index contributed by atoms with van der Waals surface area (Å²) < 4.78 is 25.4. The van der Waals surface area contributed by atoms with Crippen LogP contribution < -0.4 is 5.32 Å². The molecule has 2 aliphatic rings. The molecule has 1 aromatic carbocycles. The number of imide groups is 1. The molecule has 2 atom stereocenters. The van der Waals surface area contributed by atoms with Gasteiger partial charge >= 0.3 is 6.03 Å². The highest BCUT2D eigenvalue weighted by atomic mass is 32.2. The van der Waals surface area contributed by atoms with E-state index >= 15 is 0 Å². The van der Waals surface area contributed by atoms with E-state index in [0.29, 0.717) is 24.2 Å². The lowest BCUT2D eigenvalue weighted by Crippen LogP contribution is -2.49. The Hall–Kier alpha value is -3.35. The first-order valence-corrected chi connectivity index (χ1v) is 12.8. The van der Waals surface area contributed by atoms with Gasteiger partial charge < -0.3 is 10.2 Å². The van der Waals surface area contributed by atoms with Crippen molar-refractivity contribution >= 4 is 27.7 Å². The quantitative estimate of drug-likeness (QED) is 0.539. The first kappa shape index (κ1) is 23.8. The van der Waals surface area contributed by atoms with Crippen molar-refractivity contribution in [3.63, 3.8) is 0 Å². The number of tetrazole rings is 1. The fraction of sp³-hybridized carbons (Fsp3) is 0.524. The van der Waals surface area contributed by atoms with Crippen LogP contribution in [0.2, 0.25) is 0 Å². The molecule has 1 N–H and O–H groups in total. The summed E-state index contributed by atoms with van der Waals surface area (Å²) in [6.07, 6.45) is 1.76. The lowest BCUT2D eigenvalue weighted by atomic mass is 9.91. The first-order valence-electron chi connectivity index (χ1n) is 11.0. The van der Waals surface area contributed by atoms with Crippen molar-refractivity contribution in [2.24, 2.45) is 5.92 Å². The van der Waals surface area contributed by atoms with Crippen LogP contribution >= 0.6 is 0 Å². The smallest absolute Gasteiger partial charge is 0.325 e. The van der Waals surface area contributed by atoms with Gasteiger partial charge in [-0.15, -0.1) is 5.10 Å². The Bertz CT molecular complexity index is 1210. The van der Waals surface area contributed by atoms with E-state index in [1.807, 2.05) is 13.8 Å². The van der Waals surface area contributed by atoms with Crippen LogP contribution in [0.25, 0.3) is 5.69 Å². The lowest BCUT2D eigenvalue weighted by molar-refractivity contribution is -0.140. The standard InChI is InChI=1S/C21H27N7O5S/c1-14(2)10-26(17-7-8-34(32,33)12-17)18(29)11-27-19(30)21(3,23-20(27)31)15-5-4-6-16(9-15)28-13-22-24-25-28/h4-6,9,13-14,17H,7-8,10-12H2,1-3H3,(H,23,31)/t17-,21+/m0/s1. The number of sulfone groups is 1. The van der Waals surface area contributed by atoms with Gasteiger partial charge in [0.2, 0.25) is 5.91 Å². The summed E-state index contributed by atoms with van der Waals surface area (Å²) in [6.45, 7) is 5.30. The molecule has 4 rings (SSSR count). The van der Waals surface area contributed by atoms with Gasteiger partial charge in [0.15, 0.2) is 9.84 Å². The topological polar surface area (TPSA) is 147 Å². The van der Waals surface area contributed by atoms with Crippen LogP contribution in [0, 0.1) is 5.92 Å². The van der Waals surface area contributed by atoms with E-state index in [4.69, 9.17) is 0 Å². The molecule has 12 nitrogen and oxygen atoms in total. The first-order chi connectivity index (χ1) is 16.0. The number of carbonyl (C=O) groups excluding carboxylic acids is 3. The molecule has 0 spiro atoms. The summed E-state index contributed by atoms with van der Waals surface area (Å²) in [6, 6.07) is 5.72. The Morgan fingerprint density at radius 1 is 1.32 bits per heavy atom. The summed E-state index contributed by atoms with van der Waals surface area (Å²) >= 11 is 0. The number of hydrogen-bond acceptors (Lipinski definition) is 8. The van der Waals surface area contributed by atoms with Crippen LogP contribution in [0.5, 0.6) is 0 Å². The molecular formula is C21H27N7O5S. The zero-order valence-electron chi connectivity index (χ0n) is 19.2. The molecule has 34 heavy (non-hydrogen) atoms. The fourth-order valence-corrected chi connectivity index (χ4v) is 6.10. The summed E-state index contributed by atoms with van der Waals surface area (Å²) in [5, 5.41) is 13.7. The SMILES string of the molecule is CC(C)CN(C(=O)CN1C(=O)N[C@](C)(c2cccc(-n3cnnn3)c2)C1=O)[C@H]1CCS(=O)(=O)C1. The van der Waals surface area contributed by atoms with Gasteiger partial charge in [0.25, 0.3) is 5.91 Å². The van der Waals surface area contributed by atoms with Gasteiger partial charge in [-0.1, -0.05) is 26.0 Å². The number of nitrogens with one attached hydrogen (secondary N) is 1. The minimum Gasteiger partial charge on any atom is -0.337 e. The third-order valence-corrected chi connectivity index (χ3v) is 7.89. The Morgan fingerprint density at radius 3 is 2.71 bits per heavy atom. The second-order valence-corrected chi connectivity index (χ2v) is 11.5. The highest BCUT2D eigenvalue weighted by Crippen LogP contribution is 2.30. The molecule has 2 fully saturated rings.